The Balaban J connectivity index is 1.73. The summed E-state index contributed by atoms with van der Waals surface area (Å²) >= 11 is 3.45. The Bertz CT molecular complexity index is 845. The Morgan fingerprint density at radius 2 is 2.04 bits per heavy atom. The SMILES string of the molecule is Cc1nc(-c2cccc(NC(=O)Cc3ccccc3Br)c2)no1. The molecule has 0 saturated carbocycles. The molecule has 0 aliphatic carbocycles. The molecule has 23 heavy (non-hydrogen) atoms. The van der Waals surface area contributed by atoms with E-state index >= 15 is 0 Å². The van der Waals surface area contributed by atoms with Gasteiger partial charge in [0.1, 0.15) is 0 Å². The van der Waals surface area contributed by atoms with Crippen LogP contribution in [-0.2, 0) is 11.2 Å². The number of rotatable bonds is 4. The molecule has 1 heterocycles. The first-order valence-electron chi connectivity index (χ1n) is 7.06. The van der Waals surface area contributed by atoms with Crippen molar-refractivity contribution in [1.82, 2.24) is 10.1 Å². The summed E-state index contributed by atoms with van der Waals surface area (Å²) in [5, 5.41) is 6.77. The number of aromatic nitrogens is 2. The minimum atomic E-state index is -0.0849. The molecule has 0 atom stereocenters. The highest BCUT2D eigenvalue weighted by molar-refractivity contribution is 9.10. The lowest BCUT2D eigenvalue weighted by molar-refractivity contribution is -0.115. The maximum Gasteiger partial charge on any atom is 0.228 e. The summed E-state index contributed by atoms with van der Waals surface area (Å²) in [6.45, 7) is 1.74. The highest BCUT2D eigenvalue weighted by Gasteiger charge is 2.09. The lowest BCUT2D eigenvalue weighted by Crippen LogP contribution is -2.14. The zero-order valence-electron chi connectivity index (χ0n) is 12.4. The van der Waals surface area contributed by atoms with E-state index < -0.39 is 0 Å². The van der Waals surface area contributed by atoms with E-state index in [1.54, 1.807) is 6.92 Å². The predicted octanol–water partition coefficient (Wildman–Crippen LogP) is 3.99. The second kappa shape index (κ2) is 6.75. The molecule has 116 valence electrons. The molecule has 0 bridgehead atoms. The quantitative estimate of drug-likeness (QED) is 0.752. The van der Waals surface area contributed by atoms with E-state index in [1.807, 2.05) is 48.5 Å². The second-order valence-electron chi connectivity index (χ2n) is 5.03. The molecule has 1 N–H and O–H groups in total. The zero-order valence-corrected chi connectivity index (χ0v) is 14.0. The van der Waals surface area contributed by atoms with Gasteiger partial charge in [0.05, 0.1) is 6.42 Å². The van der Waals surface area contributed by atoms with Gasteiger partial charge in [-0.25, -0.2) is 0 Å². The van der Waals surface area contributed by atoms with Crippen LogP contribution in [0.2, 0.25) is 0 Å². The maximum absolute atomic E-state index is 12.2. The average molecular weight is 372 g/mol. The highest BCUT2D eigenvalue weighted by Crippen LogP contribution is 2.21. The lowest BCUT2D eigenvalue weighted by Gasteiger charge is -2.07. The van der Waals surface area contributed by atoms with E-state index in [0.29, 0.717) is 23.8 Å². The normalized spacial score (nSPS) is 10.5. The second-order valence-corrected chi connectivity index (χ2v) is 5.89. The van der Waals surface area contributed by atoms with Crippen molar-refractivity contribution in [2.75, 3.05) is 5.32 Å². The topological polar surface area (TPSA) is 68.0 Å². The van der Waals surface area contributed by atoms with Gasteiger partial charge in [0.2, 0.25) is 17.6 Å². The minimum Gasteiger partial charge on any atom is -0.339 e. The first-order valence-corrected chi connectivity index (χ1v) is 7.85. The molecule has 2 aromatic carbocycles. The van der Waals surface area contributed by atoms with Crippen LogP contribution in [0.1, 0.15) is 11.5 Å². The molecule has 5 nitrogen and oxygen atoms in total. The maximum atomic E-state index is 12.2. The number of anilines is 1. The van der Waals surface area contributed by atoms with Crippen LogP contribution in [0.15, 0.2) is 57.5 Å². The van der Waals surface area contributed by atoms with Crippen LogP contribution in [0.5, 0.6) is 0 Å². The predicted molar refractivity (Wildman–Crippen MR) is 90.9 cm³/mol. The Morgan fingerprint density at radius 3 is 2.78 bits per heavy atom. The van der Waals surface area contributed by atoms with Crippen molar-refractivity contribution in [3.05, 3.63) is 64.5 Å². The third-order valence-corrected chi connectivity index (χ3v) is 4.01. The monoisotopic (exact) mass is 371 g/mol. The smallest absolute Gasteiger partial charge is 0.228 e. The fourth-order valence-electron chi connectivity index (χ4n) is 2.17. The van der Waals surface area contributed by atoms with E-state index in [4.69, 9.17) is 4.52 Å². The first-order chi connectivity index (χ1) is 11.1. The fourth-order valence-corrected chi connectivity index (χ4v) is 2.60. The van der Waals surface area contributed by atoms with Crippen molar-refractivity contribution >= 4 is 27.5 Å². The van der Waals surface area contributed by atoms with Crippen molar-refractivity contribution in [2.45, 2.75) is 13.3 Å². The number of hydrogen-bond donors (Lipinski definition) is 1. The van der Waals surface area contributed by atoms with E-state index in [9.17, 15) is 4.79 Å². The Labute approximate surface area is 141 Å². The van der Waals surface area contributed by atoms with Crippen LogP contribution in [0.25, 0.3) is 11.4 Å². The number of carbonyl (C=O) groups is 1. The summed E-state index contributed by atoms with van der Waals surface area (Å²) in [6.07, 6.45) is 0.299. The summed E-state index contributed by atoms with van der Waals surface area (Å²) in [6, 6.07) is 15.0. The number of nitrogens with one attached hydrogen (secondary N) is 1. The van der Waals surface area contributed by atoms with E-state index in [1.165, 1.54) is 0 Å². The summed E-state index contributed by atoms with van der Waals surface area (Å²) in [4.78, 5) is 16.4. The van der Waals surface area contributed by atoms with Crippen LogP contribution in [0.4, 0.5) is 5.69 Å². The van der Waals surface area contributed by atoms with Gasteiger partial charge in [-0.3, -0.25) is 4.79 Å². The molecule has 0 unspecified atom stereocenters. The van der Waals surface area contributed by atoms with Crippen molar-refractivity contribution < 1.29 is 9.32 Å². The van der Waals surface area contributed by atoms with Gasteiger partial charge in [-0.2, -0.15) is 4.98 Å². The largest absolute Gasteiger partial charge is 0.339 e. The highest BCUT2D eigenvalue weighted by atomic mass is 79.9. The molecule has 1 amide bonds. The van der Waals surface area contributed by atoms with Crippen LogP contribution < -0.4 is 5.32 Å². The van der Waals surface area contributed by atoms with Crippen molar-refractivity contribution in [3.8, 4) is 11.4 Å². The molecule has 6 heteroatoms. The molecular formula is C17H14BrN3O2. The molecule has 0 saturated heterocycles. The first kappa shape index (κ1) is 15.4. The van der Waals surface area contributed by atoms with Gasteiger partial charge in [-0.1, -0.05) is 51.4 Å². The van der Waals surface area contributed by atoms with Crippen molar-refractivity contribution in [1.29, 1.82) is 0 Å². The van der Waals surface area contributed by atoms with Gasteiger partial charge < -0.3 is 9.84 Å². The van der Waals surface area contributed by atoms with Crippen molar-refractivity contribution in [3.63, 3.8) is 0 Å². The lowest BCUT2D eigenvalue weighted by atomic mass is 10.1. The number of halogens is 1. The summed E-state index contributed by atoms with van der Waals surface area (Å²) < 4.78 is 5.90. The van der Waals surface area contributed by atoms with Crippen LogP contribution >= 0.6 is 15.9 Å². The molecule has 0 spiro atoms. The van der Waals surface area contributed by atoms with Gasteiger partial charge in [-0.05, 0) is 23.8 Å². The summed E-state index contributed by atoms with van der Waals surface area (Å²) in [5.41, 5.74) is 2.43. The molecule has 0 fully saturated rings. The molecule has 3 rings (SSSR count). The van der Waals surface area contributed by atoms with E-state index in [0.717, 1.165) is 15.6 Å². The number of benzene rings is 2. The summed E-state index contributed by atoms with van der Waals surface area (Å²) in [7, 11) is 0. The van der Waals surface area contributed by atoms with Crippen LogP contribution in [0.3, 0.4) is 0 Å². The average Bonchev–Trinajstić information content (AvgIpc) is 2.96. The van der Waals surface area contributed by atoms with Crippen LogP contribution in [0, 0.1) is 6.92 Å². The minimum absolute atomic E-state index is 0.0849. The number of carbonyl (C=O) groups excluding carboxylic acids is 1. The van der Waals surface area contributed by atoms with Gasteiger partial charge in [0, 0.05) is 22.6 Å². The van der Waals surface area contributed by atoms with Gasteiger partial charge in [-0.15, -0.1) is 0 Å². The zero-order chi connectivity index (χ0) is 16.2. The Kier molecular flexibility index (Phi) is 4.52. The third kappa shape index (κ3) is 3.84. The number of nitrogens with zero attached hydrogens (tertiary/aromatic N) is 2. The van der Waals surface area contributed by atoms with Gasteiger partial charge >= 0.3 is 0 Å². The van der Waals surface area contributed by atoms with E-state index in [-0.39, 0.29) is 5.91 Å². The molecule has 0 radical (unpaired) electrons. The summed E-state index contributed by atoms with van der Waals surface area (Å²) in [5.74, 6) is 0.922. The van der Waals surface area contributed by atoms with Gasteiger partial charge in [0.25, 0.3) is 0 Å². The third-order valence-electron chi connectivity index (χ3n) is 3.24. The fraction of sp³-hybridized carbons (Fsp3) is 0.118. The van der Waals surface area contributed by atoms with Crippen molar-refractivity contribution in [2.24, 2.45) is 0 Å². The standard InChI is InChI=1S/C17H14BrN3O2/c1-11-19-17(21-23-11)13-6-4-7-14(9-13)20-16(22)10-12-5-2-3-8-15(12)18/h2-9H,10H2,1H3,(H,20,22). The van der Waals surface area contributed by atoms with Crippen LogP contribution in [-0.4, -0.2) is 16.0 Å². The molecule has 1 aromatic heterocycles. The Morgan fingerprint density at radius 1 is 1.22 bits per heavy atom. The number of aryl methyl sites for hydroxylation is 1. The Hall–Kier alpha value is -2.47. The molecule has 0 aliphatic rings. The molecular weight excluding hydrogens is 358 g/mol. The molecule has 3 aromatic rings. The molecule has 0 aliphatic heterocycles. The number of hydrogen-bond acceptors (Lipinski definition) is 4. The number of amides is 1. The van der Waals surface area contributed by atoms with E-state index in [2.05, 4.69) is 31.4 Å². The van der Waals surface area contributed by atoms with Gasteiger partial charge in [0.15, 0.2) is 0 Å².